The molecule has 1 aromatic rings. The highest BCUT2D eigenvalue weighted by atomic mass is 16.2. The molecule has 2 rings (SSSR count). The van der Waals surface area contributed by atoms with E-state index in [1.54, 1.807) is 19.2 Å². The van der Waals surface area contributed by atoms with Crippen LogP contribution in [-0.2, 0) is 6.54 Å². The lowest BCUT2D eigenvalue weighted by molar-refractivity contribution is 0.0963. The molecular weight excluding hydrogens is 280 g/mol. The molecule has 2 N–H and O–H groups in total. The standard InChI is InChI=1S/C16H24N4O2/c1-3-19-8-10-20(11-9-19)16(22)18-12-13-4-6-14(7-5-13)15(21)17-2/h4-7H,3,8-12H2,1-2H3,(H,17,21)(H,18,22). The lowest BCUT2D eigenvalue weighted by Gasteiger charge is -2.34. The first kappa shape index (κ1) is 16.3. The van der Waals surface area contributed by atoms with Gasteiger partial charge < -0.3 is 20.4 Å². The number of hydrogen-bond acceptors (Lipinski definition) is 3. The molecule has 1 aliphatic heterocycles. The molecule has 3 amide bonds. The molecule has 0 unspecified atom stereocenters. The highest BCUT2D eigenvalue weighted by Crippen LogP contribution is 2.05. The molecule has 0 spiro atoms. The van der Waals surface area contributed by atoms with Crippen molar-refractivity contribution in [3.05, 3.63) is 35.4 Å². The highest BCUT2D eigenvalue weighted by molar-refractivity contribution is 5.93. The topological polar surface area (TPSA) is 64.7 Å². The molecule has 1 aromatic carbocycles. The van der Waals surface area contributed by atoms with Crippen molar-refractivity contribution in [1.29, 1.82) is 0 Å². The Morgan fingerprint density at radius 2 is 1.73 bits per heavy atom. The van der Waals surface area contributed by atoms with Gasteiger partial charge in [0.05, 0.1) is 0 Å². The molecule has 120 valence electrons. The van der Waals surface area contributed by atoms with Crippen LogP contribution in [0.15, 0.2) is 24.3 Å². The number of nitrogens with one attached hydrogen (secondary N) is 2. The summed E-state index contributed by atoms with van der Waals surface area (Å²) in [6.45, 7) is 7.06. The summed E-state index contributed by atoms with van der Waals surface area (Å²) in [6, 6.07) is 7.23. The summed E-state index contributed by atoms with van der Waals surface area (Å²) >= 11 is 0. The average Bonchev–Trinajstić information content (AvgIpc) is 2.59. The van der Waals surface area contributed by atoms with E-state index in [-0.39, 0.29) is 11.9 Å². The summed E-state index contributed by atoms with van der Waals surface area (Å²) in [7, 11) is 1.61. The fraction of sp³-hybridized carbons (Fsp3) is 0.500. The number of likely N-dealkylation sites (N-methyl/N-ethyl adjacent to an activating group) is 1. The van der Waals surface area contributed by atoms with Gasteiger partial charge in [-0.15, -0.1) is 0 Å². The molecular formula is C16H24N4O2. The first-order valence-corrected chi connectivity index (χ1v) is 7.70. The smallest absolute Gasteiger partial charge is 0.317 e. The van der Waals surface area contributed by atoms with Crippen molar-refractivity contribution < 1.29 is 9.59 Å². The van der Waals surface area contributed by atoms with E-state index in [2.05, 4.69) is 22.5 Å². The van der Waals surface area contributed by atoms with Gasteiger partial charge in [-0.1, -0.05) is 19.1 Å². The maximum Gasteiger partial charge on any atom is 0.317 e. The van der Waals surface area contributed by atoms with Gasteiger partial charge in [0.1, 0.15) is 0 Å². The van der Waals surface area contributed by atoms with E-state index < -0.39 is 0 Å². The van der Waals surface area contributed by atoms with Gasteiger partial charge in [0, 0.05) is 45.3 Å². The first-order chi connectivity index (χ1) is 10.6. The summed E-state index contributed by atoms with van der Waals surface area (Å²) < 4.78 is 0. The van der Waals surface area contributed by atoms with Crippen LogP contribution in [0.4, 0.5) is 4.79 Å². The van der Waals surface area contributed by atoms with Crippen LogP contribution < -0.4 is 10.6 Å². The van der Waals surface area contributed by atoms with Crippen LogP contribution in [0.3, 0.4) is 0 Å². The Kier molecular flexibility index (Phi) is 5.77. The highest BCUT2D eigenvalue weighted by Gasteiger charge is 2.19. The van der Waals surface area contributed by atoms with Crippen molar-refractivity contribution >= 4 is 11.9 Å². The Labute approximate surface area is 131 Å². The molecule has 0 aliphatic carbocycles. The number of rotatable bonds is 4. The predicted octanol–water partition coefficient (Wildman–Crippen LogP) is 0.893. The second kappa shape index (κ2) is 7.79. The van der Waals surface area contributed by atoms with E-state index in [0.29, 0.717) is 12.1 Å². The summed E-state index contributed by atoms with van der Waals surface area (Å²) in [4.78, 5) is 27.8. The summed E-state index contributed by atoms with van der Waals surface area (Å²) in [5.74, 6) is -0.107. The van der Waals surface area contributed by atoms with E-state index in [1.807, 2.05) is 17.0 Å². The third-order valence-corrected chi connectivity index (χ3v) is 3.99. The zero-order valence-corrected chi connectivity index (χ0v) is 13.3. The molecule has 0 aromatic heterocycles. The van der Waals surface area contributed by atoms with Crippen molar-refractivity contribution in [1.82, 2.24) is 20.4 Å². The zero-order chi connectivity index (χ0) is 15.9. The maximum absolute atomic E-state index is 12.1. The quantitative estimate of drug-likeness (QED) is 0.868. The molecule has 1 saturated heterocycles. The number of benzene rings is 1. The van der Waals surface area contributed by atoms with Crippen LogP contribution in [0.2, 0.25) is 0 Å². The second-order valence-corrected chi connectivity index (χ2v) is 5.36. The van der Waals surface area contributed by atoms with Gasteiger partial charge in [-0.25, -0.2) is 4.79 Å². The van der Waals surface area contributed by atoms with Crippen LogP contribution in [0, 0.1) is 0 Å². The lowest BCUT2D eigenvalue weighted by atomic mass is 10.1. The Balaban J connectivity index is 1.80. The van der Waals surface area contributed by atoms with Crippen molar-refractivity contribution in [2.45, 2.75) is 13.5 Å². The fourth-order valence-corrected chi connectivity index (χ4v) is 2.47. The van der Waals surface area contributed by atoms with Gasteiger partial charge in [-0.2, -0.15) is 0 Å². The predicted molar refractivity (Wildman–Crippen MR) is 85.8 cm³/mol. The van der Waals surface area contributed by atoms with Crippen molar-refractivity contribution in [2.24, 2.45) is 0 Å². The number of hydrogen-bond donors (Lipinski definition) is 2. The van der Waals surface area contributed by atoms with Gasteiger partial charge in [0.2, 0.25) is 0 Å². The zero-order valence-electron chi connectivity index (χ0n) is 13.3. The third kappa shape index (κ3) is 4.21. The third-order valence-electron chi connectivity index (χ3n) is 3.99. The number of nitrogens with zero attached hydrogens (tertiary/aromatic N) is 2. The fourth-order valence-electron chi connectivity index (χ4n) is 2.47. The molecule has 0 atom stereocenters. The summed E-state index contributed by atoms with van der Waals surface area (Å²) in [6.07, 6.45) is 0. The second-order valence-electron chi connectivity index (χ2n) is 5.36. The average molecular weight is 304 g/mol. The van der Waals surface area contributed by atoms with Gasteiger partial charge in [0.25, 0.3) is 5.91 Å². The van der Waals surface area contributed by atoms with Gasteiger partial charge in [0.15, 0.2) is 0 Å². The van der Waals surface area contributed by atoms with Crippen LogP contribution in [0.25, 0.3) is 0 Å². The number of carbonyl (C=O) groups excluding carboxylic acids is 2. The van der Waals surface area contributed by atoms with Crippen molar-refractivity contribution in [3.8, 4) is 0 Å². The van der Waals surface area contributed by atoms with E-state index in [4.69, 9.17) is 0 Å². The number of carbonyl (C=O) groups is 2. The number of piperazine rings is 1. The largest absolute Gasteiger partial charge is 0.355 e. The van der Waals surface area contributed by atoms with E-state index in [1.165, 1.54) is 0 Å². The molecule has 0 radical (unpaired) electrons. The Bertz CT molecular complexity index is 507. The van der Waals surface area contributed by atoms with E-state index in [9.17, 15) is 9.59 Å². The molecule has 0 bridgehead atoms. The molecule has 1 fully saturated rings. The van der Waals surface area contributed by atoms with Crippen LogP contribution in [-0.4, -0.2) is 61.5 Å². The molecule has 6 heteroatoms. The van der Waals surface area contributed by atoms with Gasteiger partial charge in [-0.05, 0) is 24.2 Å². The Hall–Kier alpha value is -2.08. The SMILES string of the molecule is CCN1CCN(C(=O)NCc2ccc(C(=O)NC)cc2)CC1. The molecule has 6 nitrogen and oxygen atoms in total. The summed E-state index contributed by atoms with van der Waals surface area (Å²) in [5, 5.41) is 5.52. The van der Waals surface area contributed by atoms with Gasteiger partial charge in [-0.3, -0.25) is 4.79 Å². The monoisotopic (exact) mass is 304 g/mol. The lowest BCUT2D eigenvalue weighted by Crippen LogP contribution is -2.51. The molecule has 1 aliphatic rings. The maximum atomic E-state index is 12.1. The molecule has 1 heterocycles. The number of urea groups is 1. The van der Waals surface area contributed by atoms with E-state index >= 15 is 0 Å². The normalized spacial score (nSPS) is 15.5. The molecule has 0 saturated carbocycles. The van der Waals surface area contributed by atoms with E-state index in [0.717, 1.165) is 38.3 Å². The van der Waals surface area contributed by atoms with Crippen LogP contribution >= 0.6 is 0 Å². The Morgan fingerprint density at radius 1 is 1.09 bits per heavy atom. The minimum Gasteiger partial charge on any atom is -0.355 e. The van der Waals surface area contributed by atoms with Crippen LogP contribution in [0.1, 0.15) is 22.8 Å². The minimum absolute atomic E-state index is 0.0221. The van der Waals surface area contributed by atoms with Gasteiger partial charge >= 0.3 is 6.03 Å². The Morgan fingerprint density at radius 3 is 2.27 bits per heavy atom. The van der Waals surface area contributed by atoms with Crippen molar-refractivity contribution in [3.63, 3.8) is 0 Å². The number of amides is 3. The minimum atomic E-state index is -0.107. The summed E-state index contributed by atoms with van der Waals surface area (Å²) in [5.41, 5.74) is 1.60. The van der Waals surface area contributed by atoms with Crippen molar-refractivity contribution in [2.75, 3.05) is 39.8 Å². The molecule has 22 heavy (non-hydrogen) atoms. The van der Waals surface area contributed by atoms with Crippen LogP contribution in [0.5, 0.6) is 0 Å². The first-order valence-electron chi connectivity index (χ1n) is 7.70.